The van der Waals surface area contributed by atoms with E-state index in [0.29, 0.717) is 31.1 Å². The van der Waals surface area contributed by atoms with Crippen LogP contribution in [0.25, 0.3) is 0 Å². The lowest BCUT2D eigenvalue weighted by atomic mass is 9.78. The molecule has 0 radical (unpaired) electrons. The van der Waals surface area contributed by atoms with Crippen LogP contribution < -0.4 is 5.32 Å². The summed E-state index contributed by atoms with van der Waals surface area (Å²) >= 11 is 0. The minimum Gasteiger partial charge on any atom is -0.342 e. The monoisotopic (exact) mass is 449 g/mol. The van der Waals surface area contributed by atoms with Crippen molar-refractivity contribution in [1.29, 1.82) is 0 Å². The van der Waals surface area contributed by atoms with Crippen molar-refractivity contribution in [3.8, 4) is 0 Å². The average molecular weight is 450 g/mol. The van der Waals surface area contributed by atoms with Gasteiger partial charge in [0, 0.05) is 32.3 Å². The summed E-state index contributed by atoms with van der Waals surface area (Å²) in [7, 11) is 0. The molecule has 178 valence electrons. The molecule has 2 aliphatic heterocycles. The first-order valence-electron chi connectivity index (χ1n) is 11.8. The molecule has 0 aromatic rings. The minimum atomic E-state index is -3.05. The zero-order valence-corrected chi connectivity index (χ0v) is 19.6. The first-order valence-corrected chi connectivity index (χ1v) is 11.8. The van der Waals surface area contributed by atoms with Crippen molar-refractivity contribution in [2.75, 3.05) is 26.2 Å². The van der Waals surface area contributed by atoms with Crippen LogP contribution in [0.4, 0.5) is 8.78 Å². The molecular weight excluding hydrogens is 412 g/mol. The molecular formula is C25H37F2N3O2. The number of allylic oxidation sites excluding steroid dienone is 3. The first-order chi connectivity index (χ1) is 15.0. The van der Waals surface area contributed by atoms with Gasteiger partial charge in [-0.2, -0.15) is 0 Å². The fraction of sp³-hybridized carbons (Fsp3) is 0.680. The molecule has 3 rings (SSSR count). The van der Waals surface area contributed by atoms with Gasteiger partial charge in [0.05, 0.1) is 17.3 Å². The second-order valence-electron chi connectivity index (χ2n) is 10.2. The topological polar surface area (TPSA) is 52.7 Å². The van der Waals surface area contributed by atoms with Crippen LogP contribution in [0.5, 0.6) is 0 Å². The lowest BCUT2D eigenvalue weighted by Crippen LogP contribution is -2.55. The van der Waals surface area contributed by atoms with Crippen LogP contribution >= 0.6 is 0 Å². The van der Waals surface area contributed by atoms with Crippen molar-refractivity contribution in [1.82, 2.24) is 15.1 Å². The van der Waals surface area contributed by atoms with Crippen LogP contribution in [-0.4, -0.2) is 60.1 Å². The molecule has 1 amide bonds. The first kappa shape index (κ1) is 24.6. The third-order valence-electron chi connectivity index (χ3n) is 6.87. The molecule has 0 bridgehead atoms. The lowest BCUT2D eigenvalue weighted by molar-refractivity contribution is -0.121. The van der Waals surface area contributed by atoms with E-state index >= 15 is 0 Å². The van der Waals surface area contributed by atoms with Gasteiger partial charge in [-0.05, 0) is 55.7 Å². The van der Waals surface area contributed by atoms with E-state index in [9.17, 15) is 18.4 Å². The second-order valence-corrected chi connectivity index (χ2v) is 10.2. The SMILES string of the molecule is C=C1C(C(=O)N[C@H](C=O)CC(C)C)=CC=C(C(C)(F)F)N1CCCN1CC2(CCCC2)C1. The largest absolute Gasteiger partial charge is 0.342 e. The summed E-state index contributed by atoms with van der Waals surface area (Å²) in [6, 6.07) is -0.614. The van der Waals surface area contributed by atoms with E-state index < -0.39 is 17.9 Å². The maximum atomic E-state index is 14.3. The van der Waals surface area contributed by atoms with Crippen molar-refractivity contribution >= 4 is 12.2 Å². The van der Waals surface area contributed by atoms with E-state index in [4.69, 9.17) is 0 Å². The molecule has 1 atom stereocenters. The van der Waals surface area contributed by atoms with Gasteiger partial charge < -0.3 is 19.9 Å². The highest BCUT2D eigenvalue weighted by Crippen LogP contribution is 2.45. The molecule has 1 N–H and O–H groups in total. The van der Waals surface area contributed by atoms with Gasteiger partial charge in [0.1, 0.15) is 6.29 Å². The van der Waals surface area contributed by atoms with Crippen LogP contribution in [-0.2, 0) is 9.59 Å². The Labute approximate surface area is 190 Å². The van der Waals surface area contributed by atoms with E-state index in [1.807, 2.05) is 13.8 Å². The van der Waals surface area contributed by atoms with Crippen molar-refractivity contribution < 1.29 is 18.4 Å². The second kappa shape index (κ2) is 9.86. The Hall–Kier alpha value is -2.02. The molecule has 0 aromatic carbocycles. The van der Waals surface area contributed by atoms with Gasteiger partial charge in [0.2, 0.25) is 0 Å². The Kier molecular flexibility index (Phi) is 7.58. The number of hydrogen-bond acceptors (Lipinski definition) is 4. The molecule has 1 saturated heterocycles. The molecule has 1 saturated carbocycles. The fourth-order valence-electron chi connectivity index (χ4n) is 5.34. The number of aldehydes is 1. The van der Waals surface area contributed by atoms with Crippen molar-refractivity contribution in [2.45, 2.75) is 71.3 Å². The quantitative estimate of drug-likeness (QED) is 0.506. The Morgan fingerprint density at radius 3 is 2.47 bits per heavy atom. The number of carbonyl (C=O) groups is 2. The Balaban J connectivity index is 1.62. The van der Waals surface area contributed by atoms with Gasteiger partial charge in [-0.1, -0.05) is 33.3 Å². The smallest absolute Gasteiger partial charge is 0.285 e. The number of hydrogen-bond donors (Lipinski definition) is 1. The van der Waals surface area contributed by atoms with E-state index in [1.165, 1.54) is 42.7 Å². The third kappa shape index (κ3) is 5.66. The molecule has 1 aliphatic carbocycles. The molecule has 7 heteroatoms. The highest BCUT2D eigenvalue weighted by Gasteiger charge is 2.44. The molecule has 32 heavy (non-hydrogen) atoms. The van der Waals surface area contributed by atoms with E-state index in [0.717, 1.165) is 26.6 Å². The summed E-state index contributed by atoms with van der Waals surface area (Å²) in [4.78, 5) is 28.0. The zero-order chi connectivity index (χ0) is 23.5. The highest BCUT2D eigenvalue weighted by atomic mass is 19.3. The molecule has 2 heterocycles. The van der Waals surface area contributed by atoms with Crippen LogP contribution in [0.1, 0.15) is 59.3 Å². The van der Waals surface area contributed by atoms with Crippen LogP contribution in [0.15, 0.2) is 35.7 Å². The van der Waals surface area contributed by atoms with Gasteiger partial charge in [0.25, 0.3) is 11.8 Å². The third-order valence-corrected chi connectivity index (χ3v) is 6.87. The number of carbonyl (C=O) groups excluding carboxylic acids is 2. The zero-order valence-electron chi connectivity index (χ0n) is 19.6. The highest BCUT2D eigenvalue weighted by molar-refractivity contribution is 5.99. The summed E-state index contributed by atoms with van der Waals surface area (Å²) in [5.41, 5.74) is 0.841. The standard InChI is InChI=1S/C25H37F2N3O2/c1-18(2)14-20(15-31)28-23(32)21-8-9-22(24(4,26)27)30(19(21)3)13-7-12-29-16-25(17-29)10-5-6-11-25/h8-9,15,18,20H,3,5-7,10-14,16-17H2,1-2,4H3,(H,28,32)/t20-/m0/s1. The lowest BCUT2D eigenvalue weighted by Gasteiger charge is -2.48. The molecule has 5 nitrogen and oxygen atoms in total. The minimum absolute atomic E-state index is 0.149. The Morgan fingerprint density at radius 2 is 1.91 bits per heavy atom. The van der Waals surface area contributed by atoms with E-state index in [1.54, 1.807) is 0 Å². The normalized spacial score (nSPS) is 21.9. The number of alkyl halides is 2. The fourth-order valence-corrected chi connectivity index (χ4v) is 5.34. The Morgan fingerprint density at radius 1 is 1.25 bits per heavy atom. The van der Waals surface area contributed by atoms with Gasteiger partial charge in [-0.3, -0.25) is 4.79 Å². The Bertz CT molecular complexity index is 783. The summed E-state index contributed by atoms with van der Waals surface area (Å²) < 4.78 is 28.6. The van der Waals surface area contributed by atoms with Crippen LogP contribution in [0.2, 0.25) is 0 Å². The van der Waals surface area contributed by atoms with Crippen LogP contribution in [0, 0.1) is 11.3 Å². The van der Waals surface area contributed by atoms with Crippen LogP contribution in [0.3, 0.4) is 0 Å². The van der Waals surface area contributed by atoms with Gasteiger partial charge >= 0.3 is 0 Å². The van der Waals surface area contributed by atoms with Crippen molar-refractivity contribution in [3.05, 3.63) is 35.7 Å². The maximum absolute atomic E-state index is 14.3. The molecule has 0 unspecified atom stereocenters. The number of rotatable bonds is 10. The molecule has 2 fully saturated rings. The summed E-state index contributed by atoms with van der Waals surface area (Å²) in [5, 5.41) is 2.70. The van der Waals surface area contributed by atoms with Gasteiger partial charge in [-0.25, -0.2) is 8.78 Å². The number of halogens is 2. The summed E-state index contributed by atoms with van der Waals surface area (Å²) in [5.74, 6) is -3.27. The predicted octanol–water partition coefficient (Wildman–Crippen LogP) is 4.28. The molecule has 1 spiro atoms. The number of amides is 1. The average Bonchev–Trinajstić information content (AvgIpc) is 3.16. The predicted molar refractivity (Wildman–Crippen MR) is 122 cm³/mol. The van der Waals surface area contributed by atoms with Crippen molar-refractivity contribution in [3.63, 3.8) is 0 Å². The number of nitrogens with one attached hydrogen (secondary N) is 1. The van der Waals surface area contributed by atoms with Gasteiger partial charge in [-0.15, -0.1) is 0 Å². The van der Waals surface area contributed by atoms with E-state index in [-0.39, 0.29) is 22.9 Å². The van der Waals surface area contributed by atoms with E-state index in [2.05, 4.69) is 16.8 Å². The summed E-state index contributed by atoms with van der Waals surface area (Å²) in [6.07, 6.45) is 9.89. The van der Waals surface area contributed by atoms with Gasteiger partial charge in [0.15, 0.2) is 0 Å². The number of nitrogens with zero attached hydrogens (tertiary/aromatic N) is 2. The molecule has 0 aromatic heterocycles. The number of likely N-dealkylation sites (tertiary alicyclic amines) is 1. The molecule has 3 aliphatic rings. The van der Waals surface area contributed by atoms with Crippen molar-refractivity contribution in [2.24, 2.45) is 11.3 Å². The summed E-state index contributed by atoms with van der Waals surface area (Å²) in [6.45, 7) is 12.2. The maximum Gasteiger partial charge on any atom is 0.285 e.